The minimum Gasteiger partial charge on any atom is -0.490 e. The first-order valence-electron chi connectivity index (χ1n) is 8.03. The molecule has 3 aromatic carbocycles. The Kier molecular flexibility index (Phi) is 4.35. The zero-order valence-electron chi connectivity index (χ0n) is 13.8. The highest BCUT2D eigenvalue weighted by Gasteiger charge is 2.17. The summed E-state index contributed by atoms with van der Waals surface area (Å²) in [4.78, 5) is 0. The SMILES string of the molecule is CC(C)Oc1c(-c2cccc3ccccc23)cccc1[C@H](C)O. The van der Waals surface area contributed by atoms with E-state index in [-0.39, 0.29) is 6.10 Å². The molecule has 0 fully saturated rings. The van der Waals surface area contributed by atoms with Crippen molar-refractivity contribution in [3.05, 3.63) is 66.2 Å². The van der Waals surface area contributed by atoms with Crippen LogP contribution in [-0.4, -0.2) is 11.2 Å². The number of rotatable bonds is 4. The Hall–Kier alpha value is -2.32. The van der Waals surface area contributed by atoms with Crippen LogP contribution in [0.25, 0.3) is 21.9 Å². The van der Waals surface area contributed by atoms with Gasteiger partial charge < -0.3 is 9.84 Å². The maximum atomic E-state index is 10.1. The second-order valence-electron chi connectivity index (χ2n) is 6.09. The van der Waals surface area contributed by atoms with Gasteiger partial charge in [-0.3, -0.25) is 0 Å². The van der Waals surface area contributed by atoms with E-state index in [0.29, 0.717) is 0 Å². The van der Waals surface area contributed by atoms with Crippen molar-refractivity contribution < 1.29 is 9.84 Å². The van der Waals surface area contributed by atoms with Crippen molar-refractivity contribution in [2.45, 2.75) is 33.0 Å². The monoisotopic (exact) mass is 306 g/mol. The van der Waals surface area contributed by atoms with Crippen LogP contribution in [0, 0.1) is 0 Å². The number of hydrogen-bond acceptors (Lipinski definition) is 2. The molecule has 0 saturated carbocycles. The zero-order valence-corrected chi connectivity index (χ0v) is 13.8. The van der Waals surface area contributed by atoms with Crippen molar-refractivity contribution >= 4 is 10.8 Å². The van der Waals surface area contributed by atoms with Gasteiger partial charge >= 0.3 is 0 Å². The van der Waals surface area contributed by atoms with E-state index in [1.807, 2.05) is 38.1 Å². The van der Waals surface area contributed by atoms with Crippen LogP contribution in [0.2, 0.25) is 0 Å². The molecule has 0 heterocycles. The quantitative estimate of drug-likeness (QED) is 0.704. The molecule has 0 aliphatic carbocycles. The van der Waals surface area contributed by atoms with E-state index >= 15 is 0 Å². The van der Waals surface area contributed by atoms with Crippen molar-refractivity contribution in [2.24, 2.45) is 0 Å². The predicted octanol–water partition coefficient (Wildman–Crippen LogP) is 5.35. The largest absolute Gasteiger partial charge is 0.490 e. The van der Waals surface area contributed by atoms with Crippen molar-refractivity contribution in [3.63, 3.8) is 0 Å². The summed E-state index contributed by atoms with van der Waals surface area (Å²) in [6.07, 6.45) is -0.526. The van der Waals surface area contributed by atoms with Crippen LogP contribution >= 0.6 is 0 Å². The average Bonchev–Trinajstić information content (AvgIpc) is 2.54. The van der Waals surface area contributed by atoms with Gasteiger partial charge in [-0.1, -0.05) is 60.7 Å². The number of benzene rings is 3. The van der Waals surface area contributed by atoms with E-state index in [9.17, 15) is 5.11 Å². The zero-order chi connectivity index (χ0) is 16.4. The van der Waals surface area contributed by atoms with Gasteiger partial charge in [-0.15, -0.1) is 0 Å². The molecule has 0 bridgehead atoms. The third-order valence-corrected chi connectivity index (χ3v) is 3.93. The van der Waals surface area contributed by atoms with Crippen LogP contribution in [0.15, 0.2) is 60.7 Å². The molecule has 3 rings (SSSR count). The van der Waals surface area contributed by atoms with Crippen molar-refractivity contribution in [1.82, 2.24) is 0 Å². The van der Waals surface area contributed by atoms with E-state index in [1.165, 1.54) is 10.8 Å². The molecule has 0 radical (unpaired) electrons. The Labute approximate surface area is 137 Å². The van der Waals surface area contributed by atoms with Gasteiger partial charge in [0.05, 0.1) is 12.2 Å². The molecule has 0 aliphatic rings. The molecule has 0 spiro atoms. The second-order valence-corrected chi connectivity index (χ2v) is 6.09. The lowest BCUT2D eigenvalue weighted by Gasteiger charge is -2.20. The lowest BCUT2D eigenvalue weighted by Crippen LogP contribution is -2.09. The van der Waals surface area contributed by atoms with Crippen molar-refractivity contribution in [2.75, 3.05) is 0 Å². The minimum atomic E-state index is -0.571. The maximum absolute atomic E-state index is 10.1. The Balaban J connectivity index is 2.28. The fourth-order valence-electron chi connectivity index (χ4n) is 2.92. The van der Waals surface area contributed by atoms with Crippen LogP contribution < -0.4 is 4.74 Å². The fraction of sp³-hybridized carbons (Fsp3) is 0.238. The molecular formula is C21H22O2. The molecule has 118 valence electrons. The fourth-order valence-corrected chi connectivity index (χ4v) is 2.92. The molecule has 0 aliphatic heterocycles. The van der Waals surface area contributed by atoms with Gasteiger partial charge in [0, 0.05) is 11.1 Å². The number of aliphatic hydroxyl groups is 1. The van der Waals surface area contributed by atoms with E-state index in [0.717, 1.165) is 22.4 Å². The second kappa shape index (κ2) is 6.43. The summed E-state index contributed by atoms with van der Waals surface area (Å²) in [6, 6.07) is 20.6. The molecule has 2 nitrogen and oxygen atoms in total. The smallest absolute Gasteiger partial charge is 0.133 e. The first-order valence-corrected chi connectivity index (χ1v) is 8.03. The Morgan fingerprint density at radius 1 is 0.783 bits per heavy atom. The van der Waals surface area contributed by atoms with E-state index in [1.54, 1.807) is 6.92 Å². The highest BCUT2D eigenvalue weighted by Crippen LogP contribution is 2.39. The van der Waals surface area contributed by atoms with E-state index in [4.69, 9.17) is 4.74 Å². The number of fused-ring (bicyclic) bond motifs is 1. The molecule has 0 saturated heterocycles. The first-order chi connectivity index (χ1) is 11.1. The molecular weight excluding hydrogens is 284 g/mol. The number of para-hydroxylation sites is 1. The summed E-state index contributed by atoms with van der Waals surface area (Å²) in [6.45, 7) is 5.78. The van der Waals surface area contributed by atoms with Gasteiger partial charge in [-0.05, 0) is 37.1 Å². The topological polar surface area (TPSA) is 29.5 Å². The summed E-state index contributed by atoms with van der Waals surface area (Å²) >= 11 is 0. The lowest BCUT2D eigenvalue weighted by molar-refractivity contribution is 0.183. The van der Waals surface area contributed by atoms with Crippen LogP contribution in [0.1, 0.15) is 32.4 Å². The molecule has 1 atom stereocenters. The van der Waals surface area contributed by atoms with Crippen LogP contribution in [0.3, 0.4) is 0 Å². The summed E-state index contributed by atoms with van der Waals surface area (Å²) in [5.74, 6) is 0.772. The molecule has 0 aromatic heterocycles. The Bertz CT molecular complexity index is 814. The summed E-state index contributed by atoms with van der Waals surface area (Å²) in [5, 5.41) is 12.5. The van der Waals surface area contributed by atoms with Gasteiger partial charge in [0.2, 0.25) is 0 Å². The summed E-state index contributed by atoms with van der Waals surface area (Å²) < 4.78 is 6.08. The third-order valence-electron chi connectivity index (χ3n) is 3.93. The third kappa shape index (κ3) is 3.08. The molecule has 2 heteroatoms. The standard InChI is InChI=1S/C21H22O2/c1-14(2)23-21-17(15(3)22)11-7-13-20(21)19-12-6-9-16-8-4-5-10-18(16)19/h4-15,22H,1-3H3/t15-/m0/s1. The molecule has 0 unspecified atom stereocenters. The first kappa shape index (κ1) is 15.6. The predicted molar refractivity (Wildman–Crippen MR) is 95.8 cm³/mol. The maximum Gasteiger partial charge on any atom is 0.133 e. The van der Waals surface area contributed by atoms with Gasteiger partial charge in [-0.25, -0.2) is 0 Å². The summed E-state index contributed by atoms with van der Waals surface area (Å²) in [5.41, 5.74) is 2.97. The number of ether oxygens (including phenoxy) is 1. The average molecular weight is 306 g/mol. The normalized spacial score (nSPS) is 12.6. The van der Waals surface area contributed by atoms with Crippen molar-refractivity contribution in [1.29, 1.82) is 0 Å². The van der Waals surface area contributed by atoms with Gasteiger partial charge in [-0.2, -0.15) is 0 Å². The number of aliphatic hydroxyl groups excluding tert-OH is 1. The molecule has 23 heavy (non-hydrogen) atoms. The van der Waals surface area contributed by atoms with Crippen LogP contribution in [0.4, 0.5) is 0 Å². The highest BCUT2D eigenvalue weighted by molar-refractivity contribution is 5.98. The van der Waals surface area contributed by atoms with Crippen LogP contribution in [-0.2, 0) is 0 Å². The summed E-state index contributed by atoms with van der Waals surface area (Å²) in [7, 11) is 0. The van der Waals surface area contributed by atoms with E-state index in [2.05, 4.69) is 36.4 Å². The minimum absolute atomic E-state index is 0.0450. The van der Waals surface area contributed by atoms with Crippen LogP contribution in [0.5, 0.6) is 5.75 Å². The lowest BCUT2D eigenvalue weighted by atomic mass is 9.95. The molecule has 3 aromatic rings. The van der Waals surface area contributed by atoms with E-state index < -0.39 is 6.10 Å². The number of hydrogen-bond donors (Lipinski definition) is 1. The van der Waals surface area contributed by atoms with Gasteiger partial charge in [0.1, 0.15) is 5.75 Å². The molecule has 0 amide bonds. The Morgan fingerprint density at radius 2 is 1.43 bits per heavy atom. The Morgan fingerprint density at radius 3 is 2.17 bits per heavy atom. The highest BCUT2D eigenvalue weighted by atomic mass is 16.5. The molecule has 1 N–H and O–H groups in total. The van der Waals surface area contributed by atoms with Crippen molar-refractivity contribution in [3.8, 4) is 16.9 Å². The van der Waals surface area contributed by atoms with Gasteiger partial charge in [0.15, 0.2) is 0 Å². The van der Waals surface area contributed by atoms with Gasteiger partial charge in [0.25, 0.3) is 0 Å².